The summed E-state index contributed by atoms with van der Waals surface area (Å²) in [6.45, 7) is 0. The van der Waals surface area contributed by atoms with Crippen molar-refractivity contribution in [3.05, 3.63) is 52.2 Å². The predicted molar refractivity (Wildman–Crippen MR) is 70.0 cm³/mol. The Hall–Kier alpha value is -1.78. The van der Waals surface area contributed by atoms with Gasteiger partial charge < -0.3 is 10.4 Å². The Morgan fingerprint density at radius 3 is 2.28 bits per heavy atom. The van der Waals surface area contributed by atoms with Gasteiger partial charge in [-0.2, -0.15) is 0 Å². The fraction of sp³-hybridized carbons (Fsp3) is 0. The molecule has 0 aliphatic heterocycles. The molecule has 0 atom stereocenters. The zero-order valence-corrected chi connectivity index (χ0v) is 10.6. The first kappa shape index (κ1) is 14.3. The van der Waals surface area contributed by atoms with E-state index in [0.717, 1.165) is 5.56 Å². The van der Waals surface area contributed by atoms with E-state index in [0.29, 0.717) is 0 Å². The number of aliphatic carboxylic acids is 1. The molecule has 0 fully saturated rings. The lowest BCUT2D eigenvalue weighted by Crippen LogP contribution is -2.26. The number of rotatable bonds is 4. The summed E-state index contributed by atoms with van der Waals surface area (Å²) in [7, 11) is 0. The van der Waals surface area contributed by atoms with Crippen LogP contribution < -0.4 is 5.32 Å². The molecule has 0 aromatic heterocycles. The Morgan fingerprint density at radius 1 is 1.17 bits per heavy atom. The van der Waals surface area contributed by atoms with Crippen LogP contribution in [0.25, 0.3) is 6.08 Å². The number of amides is 1. The Morgan fingerprint density at radius 2 is 1.78 bits per heavy atom. The molecule has 1 aromatic carbocycles. The molecule has 0 aliphatic rings. The largest absolute Gasteiger partial charge is 0.477 e. The highest BCUT2D eigenvalue weighted by molar-refractivity contribution is 6.57. The van der Waals surface area contributed by atoms with E-state index in [4.69, 9.17) is 28.3 Å². The van der Waals surface area contributed by atoms with Crippen LogP contribution in [0.5, 0.6) is 0 Å². The normalized spacial score (nSPS) is 10.1. The van der Waals surface area contributed by atoms with Gasteiger partial charge in [-0.25, -0.2) is 4.79 Å². The molecule has 0 radical (unpaired) electrons. The lowest BCUT2D eigenvalue weighted by molar-refractivity contribution is -0.134. The van der Waals surface area contributed by atoms with Gasteiger partial charge in [-0.3, -0.25) is 4.79 Å². The highest BCUT2D eigenvalue weighted by Gasteiger charge is 2.13. The van der Waals surface area contributed by atoms with Crippen molar-refractivity contribution in [1.82, 2.24) is 5.32 Å². The minimum Gasteiger partial charge on any atom is -0.477 e. The zero-order valence-electron chi connectivity index (χ0n) is 9.06. The second-order valence-electron chi connectivity index (χ2n) is 3.17. The van der Waals surface area contributed by atoms with E-state index in [1.165, 1.54) is 12.2 Å². The number of carbonyl (C=O) groups excluding carboxylic acids is 1. The number of hydrogen-bond acceptors (Lipinski definition) is 2. The minimum absolute atomic E-state index is 0.510. The molecule has 0 heterocycles. The van der Waals surface area contributed by atoms with Gasteiger partial charge in [0.15, 0.2) is 5.70 Å². The number of halogens is 2. The minimum atomic E-state index is -1.41. The van der Waals surface area contributed by atoms with Gasteiger partial charge in [0.05, 0.1) is 0 Å². The summed E-state index contributed by atoms with van der Waals surface area (Å²) in [5.41, 5.74) is 0.256. The van der Waals surface area contributed by atoms with Crippen LogP contribution in [0.1, 0.15) is 5.56 Å². The maximum absolute atomic E-state index is 11.4. The van der Waals surface area contributed by atoms with Gasteiger partial charge in [0, 0.05) is 6.08 Å². The Bertz CT molecular complexity index is 505. The highest BCUT2D eigenvalue weighted by atomic mass is 35.5. The third-order valence-corrected chi connectivity index (χ3v) is 2.26. The Balaban J connectivity index is 2.71. The van der Waals surface area contributed by atoms with E-state index in [2.05, 4.69) is 5.32 Å². The first-order valence-electron chi connectivity index (χ1n) is 4.83. The monoisotopic (exact) mass is 285 g/mol. The fourth-order valence-corrected chi connectivity index (χ4v) is 1.34. The average molecular weight is 286 g/mol. The fourth-order valence-electron chi connectivity index (χ4n) is 1.08. The van der Waals surface area contributed by atoms with Crippen LogP contribution in [-0.4, -0.2) is 17.0 Å². The molecule has 0 unspecified atom stereocenters. The third-order valence-electron chi connectivity index (χ3n) is 1.88. The molecule has 0 saturated carbocycles. The molecule has 0 spiro atoms. The van der Waals surface area contributed by atoms with E-state index in [-0.39, 0.29) is 0 Å². The van der Waals surface area contributed by atoms with E-state index in [1.54, 1.807) is 12.1 Å². The lowest BCUT2D eigenvalue weighted by atomic mass is 10.2. The van der Waals surface area contributed by atoms with Gasteiger partial charge in [0.2, 0.25) is 5.91 Å². The first-order chi connectivity index (χ1) is 8.50. The lowest BCUT2D eigenvalue weighted by Gasteiger charge is -2.02. The van der Waals surface area contributed by atoms with E-state index in [9.17, 15) is 9.59 Å². The van der Waals surface area contributed by atoms with Gasteiger partial charge >= 0.3 is 5.97 Å². The van der Waals surface area contributed by atoms with Crippen LogP contribution in [0.15, 0.2) is 46.6 Å². The summed E-state index contributed by atoms with van der Waals surface area (Å²) in [5, 5.41) is 10.8. The van der Waals surface area contributed by atoms with Crippen LogP contribution in [-0.2, 0) is 9.59 Å². The quantitative estimate of drug-likeness (QED) is 0.836. The molecule has 6 heteroatoms. The number of carbonyl (C=O) groups is 2. The van der Waals surface area contributed by atoms with Crippen molar-refractivity contribution in [2.45, 2.75) is 0 Å². The maximum atomic E-state index is 11.4. The van der Waals surface area contributed by atoms with Crippen molar-refractivity contribution >= 4 is 41.2 Å². The van der Waals surface area contributed by atoms with Gasteiger partial charge in [-0.1, -0.05) is 53.5 Å². The van der Waals surface area contributed by atoms with Crippen molar-refractivity contribution in [1.29, 1.82) is 0 Å². The Labute approximate surface area is 114 Å². The molecule has 18 heavy (non-hydrogen) atoms. The second kappa shape index (κ2) is 6.83. The number of carboxylic acids is 1. The summed E-state index contributed by atoms with van der Waals surface area (Å²) in [5.74, 6) is -2.04. The second-order valence-corrected chi connectivity index (χ2v) is 4.12. The molecule has 0 saturated heterocycles. The average Bonchev–Trinajstić information content (AvgIpc) is 2.34. The maximum Gasteiger partial charge on any atom is 0.354 e. The van der Waals surface area contributed by atoms with Crippen LogP contribution in [0.2, 0.25) is 0 Å². The molecular formula is C12H9Cl2NO3. The van der Waals surface area contributed by atoms with Crippen LogP contribution in [0, 0.1) is 0 Å². The summed E-state index contributed by atoms with van der Waals surface area (Å²) < 4.78 is -0.510. The SMILES string of the molecule is O=C(C=Cc1ccccc1)NC(C(=O)O)=C(Cl)Cl. The molecule has 1 aromatic rings. The first-order valence-corrected chi connectivity index (χ1v) is 5.59. The van der Waals surface area contributed by atoms with Crippen molar-refractivity contribution < 1.29 is 14.7 Å². The van der Waals surface area contributed by atoms with E-state index < -0.39 is 22.1 Å². The number of nitrogens with one attached hydrogen (secondary N) is 1. The van der Waals surface area contributed by atoms with Gasteiger partial charge in [-0.05, 0) is 11.6 Å². The molecule has 94 valence electrons. The highest BCUT2D eigenvalue weighted by Crippen LogP contribution is 2.12. The van der Waals surface area contributed by atoms with Gasteiger partial charge in [0.1, 0.15) is 4.49 Å². The van der Waals surface area contributed by atoms with Crippen molar-refractivity contribution in [2.24, 2.45) is 0 Å². The van der Waals surface area contributed by atoms with Crippen molar-refractivity contribution in [2.75, 3.05) is 0 Å². The van der Waals surface area contributed by atoms with Crippen LogP contribution in [0.4, 0.5) is 0 Å². The zero-order chi connectivity index (χ0) is 13.5. The summed E-state index contributed by atoms with van der Waals surface area (Å²) >= 11 is 10.7. The number of carboxylic acid groups (broad SMARTS) is 1. The summed E-state index contributed by atoms with van der Waals surface area (Å²) in [6.07, 6.45) is 2.73. The third kappa shape index (κ3) is 4.61. The summed E-state index contributed by atoms with van der Waals surface area (Å²) in [4.78, 5) is 22.1. The number of hydrogen-bond donors (Lipinski definition) is 2. The standard InChI is InChI=1S/C12H9Cl2NO3/c13-11(14)10(12(17)18)15-9(16)7-6-8-4-2-1-3-5-8/h1-7H,(H,15,16)(H,17,18). The molecule has 0 bridgehead atoms. The van der Waals surface area contributed by atoms with Crippen LogP contribution in [0.3, 0.4) is 0 Å². The molecule has 4 nitrogen and oxygen atoms in total. The Kier molecular flexibility index (Phi) is 5.42. The smallest absolute Gasteiger partial charge is 0.354 e. The molecule has 2 N–H and O–H groups in total. The number of benzene rings is 1. The van der Waals surface area contributed by atoms with Gasteiger partial charge in [0.25, 0.3) is 0 Å². The predicted octanol–water partition coefficient (Wildman–Crippen LogP) is 2.55. The molecule has 0 aliphatic carbocycles. The van der Waals surface area contributed by atoms with E-state index >= 15 is 0 Å². The van der Waals surface area contributed by atoms with Crippen molar-refractivity contribution in [3.8, 4) is 0 Å². The molecular weight excluding hydrogens is 277 g/mol. The van der Waals surface area contributed by atoms with Crippen LogP contribution >= 0.6 is 23.2 Å². The summed E-state index contributed by atoms with van der Waals surface area (Å²) in [6, 6.07) is 9.07. The van der Waals surface area contributed by atoms with E-state index in [1.807, 2.05) is 18.2 Å². The van der Waals surface area contributed by atoms with Gasteiger partial charge in [-0.15, -0.1) is 0 Å². The molecule has 1 rings (SSSR count). The topological polar surface area (TPSA) is 66.4 Å². The van der Waals surface area contributed by atoms with Crippen molar-refractivity contribution in [3.63, 3.8) is 0 Å². The molecule has 1 amide bonds.